The third-order valence-corrected chi connectivity index (χ3v) is 4.44. The molecular formula is C19H22ClN3O3. The fourth-order valence-electron chi connectivity index (χ4n) is 2.80. The molecule has 0 bridgehead atoms. The molecule has 1 atom stereocenters. The first-order valence-electron chi connectivity index (χ1n) is 8.35. The first-order chi connectivity index (χ1) is 12.5. The van der Waals surface area contributed by atoms with Crippen molar-refractivity contribution < 1.29 is 14.3 Å². The van der Waals surface area contributed by atoms with Gasteiger partial charge in [-0.2, -0.15) is 0 Å². The first kappa shape index (κ1) is 18.4. The Morgan fingerprint density at radius 2 is 1.96 bits per heavy atom. The molecule has 138 valence electrons. The maximum Gasteiger partial charge on any atom is 0.315 e. The summed E-state index contributed by atoms with van der Waals surface area (Å²) in [6, 6.07) is 13.0. The van der Waals surface area contributed by atoms with Crippen LogP contribution >= 0.6 is 11.6 Å². The largest absolute Gasteiger partial charge is 0.454 e. The molecule has 0 radical (unpaired) electrons. The number of rotatable bonds is 6. The minimum atomic E-state index is -0.224. The van der Waals surface area contributed by atoms with Gasteiger partial charge in [-0.1, -0.05) is 29.8 Å². The topological polar surface area (TPSA) is 62.8 Å². The number of halogens is 1. The molecule has 26 heavy (non-hydrogen) atoms. The summed E-state index contributed by atoms with van der Waals surface area (Å²) in [5.74, 6) is 1.48. The SMILES string of the molecule is CN(C)C(CNC(=O)NCc1cccc(Cl)c1)c1ccc2c(c1)OCO2. The van der Waals surface area contributed by atoms with Crippen molar-refractivity contribution in [2.75, 3.05) is 27.4 Å². The Morgan fingerprint density at radius 3 is 2.73 bits per heavy atom. The quantitative estimate of drug-likeness (QED) is 0.814. The summed E-state index contributed by atoms with van der Waals surface area (Å²) >= 11 is 5.95. The van der Waals surface area contributed by atoms with Gasteiger partial charge in [-0.15, -0.1) is 0 Å². The van der Waals surface area contributed by atoms with Gasteiger partial charge in [0, 0.05) is 18.1 Å². The Kier molecular flexibility index (Phi) is 5.85. The van der Waals surface area contributed by atoms with Gasteiger partial charge in [0.25, 0.3) is 0 Å². The van der Waals surface area contributed by atoms with Gasteiger partial charge in [-0.05, 0) is 49.5 Å². The van der Waals surface area contributed by atoms with E-state index in [1.54, 1.807) is 6.07 Å². The van der Waals surface area contributed by atoms with Gasteiger partial charge < -0.3 is 25.0 Å². The minimum Gasteiger partial charge on any atom is -0.454 e. The van der Waals surface area contributed by atoms with Crippen LogP contribution in [0.3, 0.4) is 0 Å². The van der Waals surface area contributed by atoms with Crippen LogP contribution in [-0.2, 0) is 6.54 Å². The third-order valence-electron chi connectivity index (χ3n) is 4.20. The average Bonchev–Trinajstić information content (AvgIpc) is 3.08. The van der Waals surface area contributed by atoms with E-state index in [9.17, 15) is 4.79 Å². The molecule has 2 N–H and O–H groups in total. The first-order valence-corrected chi connectivity index (χ1v) is 8.73. The maximum absolute atomic E-state index is 12.1. The van der Waals surface area contributed by atoms with E-state index in [2.05, 4.69) is 15.5 Å². The third kappa shape index (κ3) is 4.59. The zero-order valence-corrected chi connectivity index (χ0v) is 15.5. The fourth-order valence-corrected chi connectivity index (χ4v) is 3.01. The molecule has 0 saturated heterocycles. The van der Waals surface area contributed by atoms with Crippen LogP contribution in [-0.4, -0.2) is 38.4 Å². The molecule has 0 saturated carbocycles. The number of nitrogens with zero attached hydrogens (tertiary/aromatic N) is 1. The van der Waals surface area contributed by atoms with Gasteiger partial charge in [-0.25, -0.2) is 4.79 Å². The number of hydrogen-bond donors (Lipinski definition) is 2. The molecule has 0 fully saturated rings. The number of carbonyl (C=O) groups excluding carboxylic acids is 1. The van der Waals surface area contributed by atoms with Crippen molar-refractivity contribution in [2.45, 2.75) is 12.6 Å². The van der Waals surface area contributed by atoms with Crippen molar-refractivity contribution in [3.8, 4) is 11.5 Å². The van der Waals surface area contributed by atoms with Crippen molar-refractivity contribution in [1.82, 2.24) is 15.5 Å². The summed E-state index contributed by atoms with van der Waals surface area (Å²) in [7, 11) is 3.95. The lowest BCUT2D eigenvalue weighted by atomic mass is 10.1. The van der Waals surface area contributed by atoms with Crippen LogP contribution < -0.4 is 20.1 Å². The number of fused-ring (bicyclic) bond motifs is 1. The molecule has 6 nitrogen and oxygen atoms in total. The maximum atomic E-state index is 12.1. The summed E-state index contributed by atoms with van der Waals surface area (Å²) in [6.07, 6.45) is 0. The van der Waals surface area contributed by atoms with E-state index in [1.165, 1.54) is 0 Å². The van der Waals surface area contributed by atoms with Crippen LogP contribution in [0.4, 0.5) is 4.79 Å². The highest BCUT2D eigenvalue weighted by Gasteiger charge is 2.20. The number of likely N-dealkylation sites (N-methyl/N-ethyl adjacent to an activating group) is 1. The van der Waals surface area contributed by atoms with Gasteiger partial charge in [-0.3, -0.25) is 0 Å². The number of urea groups is 1. The zero-order valence-electron chi connectivity index (χ0n) is 14.8. The van der Waals surface area contributed by atoms with Gasteiger partial charge in [0.1, 0.15) is 0 Å². The van der Waals surface area contributed by atoms with Crippen molar-refractivity contribution in [1.29, 1.82) is 0 Å². The predicted octanol–water partition coefficient (Wildman–Crippen LogP) is 3.17. The molecule has 0 aliphatic carbocycles. The molecule has 0 aromatic heterocycles. The van der Waals surface area contributed by atoms with E-state index in [0.29, 0.717) is 18.1 Å². The molecule has 3 rings (SSSR count). The number of nitrogens with one attached hydrogen (secondary N) is 2. The Bertz CT molecular complexity index is 782. The number of carbonyl (C=O) groups is 1. The lowest BCUT2D eigenvalue weighted by Crippen LogP contribution is -2.40. The number of hydrogen-bond acceptors (Lipinski definition) is 4. The van der Waals surface area contributed by atoms with Crippen molar-refractivity contribution >= 4 is 17.6 Å². The van der Waals surface area contributed by atoms with Gasteiger partial charge >= 0.3 is 6.03 Å². The highest BCUT2D eigenvalue weighted by Crippen LogP contribution is 2.34. The molecule has 2 aromatic carbocycles. The average molecular weight is 376 g/mol. The van der Waals surface area contributed by atoms with E-state index >= 15 is 0 Å². The van der Waals surface area contributed by atoms with Crippen molar-refractivity contribution in [3.63, 3.8) is 0 Å². The second-order valence-corrected chi connectivity index (χ2v) is 6.72. The van der Waals surface area contributed by atoms with Crippen LogP contribution in [0, 0.1) is 0 Å². The molecule has 0 spiro atoms. The summed E-state index contributed by atoms with van der Waals surface area (Å²) in [5, 5.41) is 6.41. The van der Waals surface area contributed by atoms with Crippen LogP contribution in [0.1, 0.15) is 17.2 Å². The second kappa shape index (κ2) is 8.29. The van der Waals surface area contributed by atoms with Crippen molar-refractivity contribution in [2.24, 2.45) is 0 Å². The zero-order chi connectivity index (χ0) is 18.5. The summed E-state index contributed by atoms with van der Waals surface area (Å²) in [5.41, 5.74) is 2.00. The Balaban J connectivity index is 1.56. The second-order valence-electron chi connectivity index (χ2n) is 6.29. The molecule has 1 aliphatic heterocycles. The van der Waals surface area contributed by atoms with Gasteiger partial charge in [0.2, 0.25) is 6.79 Å². The molecule has 2 amide bonds. The lowest BCUT2D eigenvalue weighted by Gasteiger charge is -2.25. The smallest absolute Gasteiger partial charge is 0.315 e. The standard InChI is InChI=1S/C19H22ClN3O3/c1-23(2)16(14-6-7-17-18(9-14)26-12-25-17)11-22-19(24)21-10-13-4-3-5-15(20)8-13/h3-9,16H,10-12H2,1-2H3,(H2,21,22,24). The summed E-state index contributed by atoms with van der Waals surface area (Å²) in [6.45, 7) is 1.13. The Labute approximate surface area is 158 Å². The molecule has 2 aromatic rings. The number of amides is 2. The van der Waals surface area contributed by atoms with Crippen molar-refractivity contribution in [3.05, 3.63) is 58.6 Å². The number of ether oxygens (including phenoxy) is 2. The minimum absolute atomic E-state index is 0.0152. The van der Waals surface area contributed by atoms with Crippen LogP contribution in [0.15, 0.2) is 42.5 Å². The molecule has 7 heteroatoms. The molecular weight excluding hydrogens is 354 g/mol. The van der Waals surface area contributed by atoms with E-state index in [-0.39, 0.29) is 18.9 Å². The van der Waals surface area contributed by atoms with Crippen LogP contribution in [0.5, 0.6) is 11.5 Å². The summed E-state index contributed by atoms with van der Waals surface area (Å²) < 4.78 is 10.8. The monoisotopic (exact) mass is 375 g/mol. The van der Waals surface area contributed by atoms with E-state index in [0.717, 1.165) is 22.6 Å². The highest BCUT2D eigenvalue weighted by molar-refractivity contribution is 6.30. The lowest BCUT2D eigenvalue weighted by molar-refractivity contribution is 0.174. The Morgan fingerprint density at radius 1 is 1.15 bits per heavy atom. The van der Waals surface area contributed by atoms with E-state index in [4.69, 9.17) is 21.1 Å². The fraction of sp³-hybridized carbons (Fsp3) is 0.316. The Hall–Kier alpha value is -2.44. The summed E-state index contributed by atoms with van der Waals surface area (Å²) in [4.78, 5) is 14.2. The normalized spacial score (nSPS) is 13.5. The molecule has 1 heterocycles. The number of benzene rings is 2. The van der Waals surface area contributed by atoms with E-state index in [1.807, 2.05) is 50.5 Å². The van der Waals surface area contributed by atoms with E-state index < -0.39 is 0 Å². The molecule has 1 aliphatic rings. The molecule has 1 unspecified atom stereocenters. The van der Waals surface area contributed by atoms with Crippen LogP contribution in [0.25, 0.3) is 0 Å². The van der Waals surface area contributed by atoms with Gasteiger partial charge in [0.05, 0.1) is 6.04 Å². The van der Waals surface area contributed by atoms with Gasteiger partial charge in [0.15, 0.2) is 11.5 Å². The predicted molar refractivity (Wildman–Crippen MR) is 101 cm³/mol. The van der Waals surface area contributed by atoms with Crippen LogP contribution in [0.2, 0.25) is 5.02 Å². The highest BCUT2D eigenvalue weighted by atomic mass is 35.5.